The van der Waals surface area contributed by atoms with Crippen molar-refractivity contribution in [1.82, 2.24) is 20.1 Å². The maximum Gasteiger partial charge on any atom is 0.267 e. The van der Waals surface area contributed by atoms with Crippen LogP contribution in [0.5, 0.6) is 5.75 Å². The van der Waals surface area contributed by atoms with E-state index in [1.165, 1.54) is 22.2 Å². The van der Waals surface area contributed by atoms with Gasteiger partial charge in [-0.2, -0.15) is 5.10 Å². The molecule has 10 nitrogen and oxygen atoms in total. The summed E-state index contributed by atoms with van der Waals surface area (Å²) in [7, 11) is 1.57. The van der Waals surface area contributed by atoms with Crippen molar-refractivity contribution in [1.29, 1.82) is 0 Å². The van der Waals surface area contributed by atoms with Crippen LogP contribution in [-0.2, 0) is 16.1 Å². The van der Waals surface area contributed by atoms with Gasteiger partial charge in [0.25, 0.3) is 5.91 Å². The number of methoxy groups -OCH3 is 1. The molecule has 1 aromatic carbocycles. The number of ether oxygens (including phenoxy) is 1. The van der Waals surface area contributed by atoms with E-state index in [2.05, 4.69) is 26.0 Å². The topological polar surface area (TPSA) is 130 Å². The van der Waals surface area contributed by atoms with Crippen LogP contribution in [0, 0.1) is 13.8 Å². The Balaban J connectivity index is 1.59. The number of benzene rings is 1. The predicted molar refractivity (Wildman–Crippen MR) is 118 cm³/mol. The molecule has 0 radical (unpaired) electrons. The third kappa shape index (κ3) is 5.80. The summed E-state index contributed by atoms with van der Waals surface area (Å²) >= 11 is 1.17. The summed E-state index contributed by atoms with van der Waals surface area (Å²) in [5, 5.41) is 23.2. The summed E-state index contributed by atoms with van der Waals surface area (Å²) in [5.74, 6) is 0.138. The molecule has 0 saturated carbocycles. The molecule has 31 heavy (non-hydrogen) atoms. The Morgan fingerprint density at radius 1 is 1.26 bits per heavy atom. The molecular formula is C20H24N6O4S. The van der Waals surface area contributed by atoms with Crippen molar-refractivity contribution in [3.63, 3.8) is 0 Å². The van der Waals surface area contributed by atoms with Crippen LogP contribution in [0.1, 0.15) is 20.8 Å². The third-order valence-corrected chi connectivity index (χ3v) is 5.33. The van der Waals surface area contributed by atoms with Gasteiger partial charge in [0.05, 0.1) is 18.5 Å². The average Bonchev–Trinajstić information content (AvgIpc) is 3.38. The molecular weight excluding hydrogens is 420 g/mol. The Hall–Kier alpha value is -3.44. The molecule has 0 fully saturated rings. The van der Waals surface area contributed by atoms with Gasteiger partial charge in [-0.05, 0) is 25.5 Å². The summed E-state index contributed by atoms with van der Waals surface area (Å²) in [6, 6.07) is 5.05. The maximum absolute atomic E-state index is 12.6. The molecule has 3 aromatic rings. The standard InChI is InChI=1S/C20H24N6O4S/c1-12-4-5-14(27)13(2)18(12)24-19(29)15-10-22-20(31-15)23-16-6-8-26(25-16)11-17(28)21-7-9-30-3/h4-6,8,10,27H,7,9,11H2,1-3H3,(H,21,28)(H,24,29)(H,22,23,25). The highest BCUT2D eigenvalue weighted by atomic mass is 32.1. The number of hydrogen-bond donors (Lipinski definition) is 4. The summed E-state index contributed by atoms with van der Waals surface area (Å²) < 4.78 is 6.39. The number of amides is 2. The molecule has 0 atom stereocenters. The number of aromatic nitrogens is 3. The van der Waals surface area contributed by atoms with E-state index < -0.39 is 0 Å². The second kappa shape index (κ2) is 10.0. The van der Waals surface area contributed by atoms with Crippen molar-refractivity contribution < 1.29 is 19.4 Å². The molecule has 2 heterocycles. The van der Waals surface area contributed by atoms with Gasteiger partial charge in [0, 0.05) is 31.5 Å². The van der Waals surface area contributed by atoms with Gasteiger partial charge in [0.1, 0.15) is 17.2 Å². The van der Waals surface area contributed by atoms with Crippen LogP contribution in [0.4, 0.5) is 16.6 Å². The van der Waals surface area contributed by atoms with Crippen molar-refractivity contribution in [2.24, 2.45) is 0 Å². The normalized spacial score (nSPS) is 10.7. The molecule has 0 spiro atoms. The summed E-state index contributed by atoms with van der Waals surface area (Å²) in [6.45, 7) is 4.57. The number of nitrogens with zero attached hydrogens (tertiary/aromatic N) is 3. The Morgan fingerprint density at radius 2 is 2.06 bits per heavy atom. The number of hydrogen-bond acceptors (Lipinski definition) is 8. The van der Waals surface area contributed by atoms with Crippen LogP contribution in [0.3, 0.4) is 0 Å². The van der Waals surface area contributed by atoms with Crippen molar-refractivity contribution in [3.8, 4) is 5.75 Å². The molecule has 2 amide bonds. The Kier molecular flexibility index (Phi) is 7.21. The van der Waals surface area contributed by atoms with Crippen molar-refractivity contribution in [2.45, 2.75) is 20.4 Å². The van der Waals surface area contributed by atoms with Crippen molar-refractivity contribution in [3.05, 3.63) is 46.6 Å². The number of aromatic hydroxyl groups is 1. The smallest absolute Gasteiger partial charge is 0.267 e. The second-order valence-electron chi connectivity index (χ2n) is 6.75. The molecule has 4 N–H and O–H groups in total. The highest BCUT2D eigenvalue weighted by Crippen LogP contribution is 2.29. The Bertz CT molecular complexity index is 1080. The van der Waals surface area contributed by atoms with Crippen LogP contribution in [0.2, 0.25) is 0 Å². The first-order valence-electron chi connectivity index (χ1n) is 9.50. The fourth-order valence-electron chi connectivity index (χ4n) is 2.76. The molecule has 0 bridgehead atoms. The van der Waals surface area contributed by atoms with E-state index in [1.807, 2.05) is 6.92 Å². The van der Waals surface area contributed by atoms with Gasteiger partial charge in [-0.15, -0.1) is 0 Å². The molecule has 2 aromatic heterocycles. The zero-order chi connectivity index (χ0) is 22.4. The minimum Gasteiger partial charge on any atom is -0.508 e. The molecule has 0 saturated heterocycles. The van der Waals surface area contributed by atoms with E-state index in [9.17, 15) is 14.7 Å². The molecule has 0 aliphatic carbocycles. The zero-order valence-electron chi connectivity index (χ0n) is 17.4. The van der Waals surface area contributed by atoms with E-state index in [0.29, 0.717) is 40.2 Å². The lowest BCUT2D eigenvalue weighted by atomic mass is 10.1. The SMILES string of the molecule is COCCNC(=O)Cn1ccc(Nc2ncc(C(=O)Nc3c(C)ccc(O)c3C)s2)n1. The number of nitrogens with one attached hydrogen (secondary N) is 3. The van der Waals surface area contributed by atoms with E-state index in [4.69, 9.17) is 4.74 Å². The largest absolute Gasteiger partial charge is 0.508 e. The Labute approximate surface area is 183 Å². The zero-order valence-corrected chi connectivity index (χ0v) is 18.2. The first-order valence-corrected chi connectivity index (χ1v) is 10.3. The Morgan fingerprint density at radius 3 is 2.84 bits per heavy atom. The van der Waals surface area contributed by atoms with Gasteiger partial charge in [-0.1, -0.05) is 17.4 Å². The van der Waals surface area contributed by atoms with Crippen LogP contribution in [0.25, 0.3) is 0 Å². The van der Waals surface area contributed by atoms with Gasteiger partial charge in [-0.25, -0.2) is 4.98 Å². The second-order valence-corrected chi connectivity index (χ2v) is 7.78. The van der Waals surface area contributed by atoms with Crippen molar-refractivity contribution >= 4 is 39.8 Å². The fourth-order valence-corrected chi connectivity index (χ4v) is 3.48. The highest BCUT2D eigenvalue weighted by molar-refractivity contribution is 7.17. The number of thiazole rings is 1. The molecule has 0 unspecified atom stereocenters. The number of carbonyl (C=O) groups is 2. The average molecular weight is 445 g/mol. The number of aryl methyl sites for hydroxylation is 1. The number of rotatable bonds is 9. The quantitative estimate of drug-likeness (QED) is 0.373. The lowest BCUT2D eigenvalue weighted by Crippen LogP contribution is -2.30. The predicted octanol–water partition coefficient (Wildman–Crippen LogP) is 2.42. The number of carbonyl (C=O) groups excluding carboxylic acids is 2. The lowest BCUT2D eigenvalue weighted by Gasteiger charge is -2.11. The molecule has 164 valence electrons. The van der Waals surface area contributed by atoms with Gasteiger partial charge in [0.2, 0.25) is 5.91 Å². The lowest BCUT2D eigenvalue weighted by molar-refractivity contribution is -0.122. The van der Waals surface area contributed by atoms with Crippen LogP contribution < -0.4 is 16.0 Å². The summed E-state index contributed by atoms with van der Waals surface area (Å²) in [5.41, 5.74) is 2.03. The van der Waals surface area contributed by atoms with Crippen LogP contribution in [-0.4, -0.2) is 51.9 Å². The van der Waals surface area contributed by atoms with Gasteiger partial charge < -0.3 is 25.8 Å². The van der Waals surface area contributed by atoms with Crippen LogP contribution in [0.15, 0.2) is 30.6 Å². The molecule has 3 rings (SSSR count). The van der Waals surface area contributed by atoms with E-state index >= 15 is 0 Å². The van der Waals surface area contributed by atoms with Gasteiger partial charge in [-0.3, -0.25) is 14.3 Å². The molecule has 0 aliphatic rings. The third-order valence-electron chi connectivity index (χ3n) is 4.42. The maximum atomic E-state index is 12.6. The summed E-state index contributed by atoms with van der Waals surface area (Å²) in [6.07, 6.45) is 3.14. The first-order chi connectivity index (χ1) is 14.9. The number of phenolic OH excluding ortho intramolecular Hbond substituents is 1. The van der Waals surface area contributed by atoms with Gasteiger partial charge in [0.15, 0.2) is 10.9 Å². The fraction of sp³-hybridized carbons (Fsp3) is 0.300. The number of phenols is 1. The highest BCUT2D eigenvalue weighted by Gasteiger charge is 2.15. The number of anilines is 3. The van der Waals surface area contributed by atoms with Gasteiger partial charge >= 0.3 is 0 Å². The molecule has 0 aliphatic heterocycles. The molecule has 11 heteroatoms. The van der Waals surface area contributed by atoms with E-state index in [-0.39, 0.29) is 24.1 Å². The van der Waals surface area contributed by atoms with E-state index in [0.717, 1.165) is 5.56 Å². The first kappa shape index (κ1) is 22.2. The van der Waals surface area contributed by atoms with Crippen LogP contribution >= 0.6 is 11.3 Å². The minimum absolute atomic E-state index is 0.0829. The monoisotopic (exact) mass is 444 g/mol. The minimum atomic E-state index is -0.319. The van der Waals surface area contributed by atoms with E-state index in [1.54, 1.807) is 38.4 Å². The summed E-state index contributed by atoms with van der Waals surface area (Å²) in [4.78, 5) is 29.1. The van der Waals surface area contributed by atoms with Crippen molar-refractivity contribution in [2.75, 3.05) is 30.9 Å².